The number of amides is 2. The molecule has 1 unspecified atom stereocenters. The SMILES string of the molecule is CCC(CNC(=O)OCC1c2ccccc2-c2ccccc21)C(=O)NCCSCC(=O)O. The molecule has 1 aliphatic carbocycles. The van der Waals surface area contributed by atoms with Gasteiger partial charge in [-0.25, -0.2) is 4.79 Å². The highest BCUT2D eigenvalue weighted by Gasteiger charge is 2.29. The van der Waals surface area contributed by atoms with Crippen molar-refractivity contribution >= 4 is 29.7 Å². The number of benzene rings is 2. The van der Waals surface area contributed by atoms with Crippen molar-refractivity contribution in [2.24, 2.45) is 5.92 Å². The first-order valence-electron chi connectivity index (χ1n) is 10.7. The summed E-state index contributed by atoms with van der Waals surface area (Å²) in [5.41, 5.74) is 4.63. The Labute approximate surface area is 191 Å². The number of carboxylic acid groups (broad SMARTS) is 1. The molecular formula is C24H28N2O5S. The van der Waals surface area contributed by atoms with Gasteiger partial charge in [0.2, 0.25) is 5.91 Å². The highest BCUT2D eigenvalue weighted by molar-refractivity contribution is 7.99. The number of fused-ring (bicyclic) bond motifs is 3. The highest BCUT2D eigenvalue weighted by atomic mass is 32.2. The van der Waals surface area contributed by atoms with Crippen molar-refractivity contribution in [3.8, 4) is 11.1 Å². The molecule has 0 heterocycles. The van der Waals surface area contributed by atoms with E-state index in [4.69, 9.17) is 9.84 Å². The molecule has 0 aliphatic heterocycles. The zero-order chi connectivity index (χ0) is 22.9. The molecule has 8 heteroatoms. The monoisotopic (exact) mass is 456 g/mol. The number of nitrogens with one attached hydrogen (secondary N) is 2. The van der Waals surface area contributed by atoms with Crippen molar-refractivity contribution in [3.05, 3.63) is 59.7 Å². The van der Waals surface area contributed by atoms with Crippen LogP contribution >= 0.6 is 11.8 Å². The van der Waals surface area contributed by atoms with Gasteiger partial charge in [0.1, 0.15) is 6.61 Å². The smallest absolute Gasteiger partial charge is 0.407 e. The second-order valence-electron chi connectivity index (χ2n) is 7.55. The predicted molar refractivity (Wildman–Crippen MR) is 125 cm³/mol. The average molecular weight is 457 g/mol. The first-order valence-corrected chi connectivity index (χ1v) is 11.8. The van der Waals surface area contributed by atoms with Crippen LogP contribution in [0.4, 0.5) is 4.79 Å². The maximum Gasteiger partial charge on any atom is 0.407 e. The number of rotatable bonds is 11. The zero-order valence-corrected chi connectivity index (χ0v) is 18.8. The van der Waals surface area contributed by atoms with Crippen LogP contribution in [-0.2, 0) is 14.3 Å². The zero-order valence-electron chi connectivity index (χ0n) is 18.0. The van der Waals surface area contributed by atoms with Crippen LogP contribution in [0.2, 0.25) is 0 Å². The lowest BCUT2D eigenvalue weighted by atomic mass is 9.98. The maximum absolute atomic E-state index is 12.3. The van der Waals surface area contributed by atoms with Crippen molar-refractivity contribution in [1.29, 1.82) is 0 Å². The van der Waals surface area contributed by atoms with Crippen LogP contribution in [0.1, 0.15) is 30.4 Å². The van der Waals surface area contributed by atoms with Gasteiger partial charge in [-0.05, 0) is 28.7 Å². The molecule has 0 fully saturated rings. The fraction of sp³-hybridized carbons (Fsp3) is 0.375. The molecule has 0 radical (unpaired) electrons. The van der Waals surface area contributed by atoms with Crippen molar-refractivity contribution in [1.82, 2.24) is 10.6 Å². The summed E-state index contributed by atoms with van der Waals surface area (Å²) < 4.78 is 5.51. The van der Waals surface area contributed by atoms with Gasteiger partial charge in [0.25, 0.3) is 0 Å². The highest BCUT2D eigenvalue weighted by Crippen LogP contribution is 2.44. The molecule has 0 bridgehead atoms. The normalized spacial score (nSPS) is 13.0. The average Bonchev–Trinajstić information content (AvgIpc) is 3.11. The van der Waals surface area contributed by atoms with E-state index in [2.05, 4.69) is 34.9 Å². The van der Waals surface area contributed by atoms with Gasteiger partial charge >= 0.3 is 12.1 Å². The number of aliphatic carboxylic acids is 1. The molecule has 0 spiro atoms. The van der Waals surface area contributed by atoms with E-state index in [0.29, 0.717) is 18.7 Å². The Morgan fingerprint density at radius 2 is 1.66 bits per heavy atom. The van der Waals surface area contributed by atoms with Gasteiger partial charge in [-0.15, -0.1) is 11.8 Å². The lowest BCUT2D eigenvalue weighted by Gasteiger charge is -2.17. The van der Waals surface area contributed by atoms with Crippen LogP contribution in [0.5, 0.6) is 0 Å². The van der Waals surface area contributed by atoms with Crippen molar-refractivity contribution in [3.63, 3.8) is 0 Å². The van der Waals surface area contributed by atoms with E-state index in [9.17, 15) is 14.4 Å². The van der Waals surface area contributed by atoms with E-state index in [1.807, 2.05) is 31.2 Å². The molecule has 2 aromatic rings. The Morgan fingerprint density at radius 1 is 1.03 bits per heavy atom. The van der Waals surface area contributed by atoms with Gasteiger partial charge < -0.3 is 20.5 Å². The largest absolute Gasteiger partial charge is 0.481 e. The summed E-state index contributed by atoms with van der Waals surface area (Å²) in [6.07, 6.45) is 0.0210. The number of carbonyl (C=O) groups excluding carboxylic acids is 2. The summed E-state index contributed by atoms with van der Waals surface area (Å²) in [5, 5.41) is 14.1. The summed E-state index contributed by atoms with van der Waals surface area (Å²) in [6, 6.07) is 16.3. The molecule has 0 saturated heterocycles. The standard InChI is InChI=1S/C24H28N2O5S/c1-2-16(23(29)25-11-12-32-15-22(27)28)13-26-24(30)31-14-21-19-9-5-3-7-17(19)18-8-4-6-10-20(18)21/h3-10,16,21H,2,11-15H2,1H3,(H,25,29)(H,26,30)(H,27,28). The van der Waals surface area contributed by atoms with E-state index < -0.39 is 12.1 Å². The summed E-state index contributed by atoms with van der Waals surface area (Å²) in [7, 11) is 0. The number of carboxylic acids is 1. The summed E-state index contributed by atoms with van der Waals surface area (Å²) in [6.45, 7) is 2.67. The van der Waals surface area contributed by atoms with E-state index in [1.165, 1.54) is 22.9 Å². The van der Waals surface area contributed by atoms with Crippen molar-refractivity contribution in [2.75, 3.05) is 31.2 Å². The number of thioether (sulfide) groups is 1. The van der Waals surface area contributed by atoms with Crippen LogP contribution in [0, 0.1) is 5.92 Å². The molecule has 2 aromatic carbocycles. The van der Waals surface area contributed by atoms with Crippen LogP contribution < -0.4 is 10.6 Å². The molecule has 3 rings (SSSR count). The lowest BCUT2D eigenvalue weighted by molar-refractivity contribution is -0.134. The topological polar surface area (TPSA) is 105 Å². The van der Waals surface area contributed by atoms with Gasteiger partial charge in [-0.2, -0.15) is 0 Å². The van der Waals surface area contributed by atoms with Crippen LogP contribution in [0.15, 0.2) is 48.5 Å². The predicted octanol–water partition coefficient (Wildman–Crippen LogP) is 3.49. The van der Waals surface area contributed by atoms with E-state index in [1.54, 1.807) is 0 Å². The van der Waals surface area contributed by atoms with E-state index >= 15 is 0 Å². The third-order valence-corrected chi connectivity index (χ3v) is 6.42. The quantitative estimate of drug-likeness (QED) is 0.447. The van der Waals surface area contributed by atoms with Gasteiger partial charge in [0.05, 0.1) is 11.7 Å². The Bertz CT molecular complexity index is 919. The second kappa shape index (κ2) is 11.6. The Kier molecular flexibility index (Phi) is 8.56. The van der Waals surface area contributed by atoms with Crippen LogP contribution in [0.3, 0.4) is 0 Å². The molecule has 7 nitrogen and oxygen atoms in total. The maximum atomic E-state index is 12.3. The number of alkyl carbamates (subject to hydrolysis) is 1. The minimum atomic E-state index is -0.875. The summed E-state index contributed by atoms with van der Waals surface area (Å²) in [5.74, 6) is -0.894. The van der Waals surface area contributed by atoms with E-state index in [-0.39, 0.29) is 36.6 Å². The van der Waals surface area contributed by atoms with Gasteiger partial charge in [-0.1, -0.05) is 55.5 Å². The minimum Gasteiger partial charge on any atom is -0.481 e. The molecular weight excluding hydrogens is 428 g/mol. The Morgan fingerprint density at radius 3 is 2.25 bits per heavy atom. The molecule has 2 amide bonds. The molecule has 0 saturated carbocycles. The lowest BCUT2D eigenvalue weighted by Crippen LogP contribution is -2.39. The Balaban J connectivity index is 1.45. The minimum absolute atomic E-state index is 0.0103. The van der Waals surface area contributed by atoms with Gasteiger partial charge in [-0.3, -0.25) is 9.59 Å². The Hall–Kier alpha value is -3.00. The van der Waals surface area contributed by atoms with Crippen LogP contribution in [-0.4, -0.2) is 54.3 Å². The molecule has 1 aliphatic rings. The summed E-state index contributed by atoms with van der Waals surface area (Å²) in [4.78, 5) is 35.1. The molecule has 1 atom stereocenters. The first kappa shape index (κ1) is 23.7. The van der Waals surface area contributed by atoms with Gasteiger partial charge in [0.15, 0.2) is 0 Å². The molecule has 32 heavy (non-hydrogen) atoms. The molecule has 3 N–H and O–H groups in total. The first-order chi connectivity index (χ1) is 15.5. The molecule has 0 aromatic heterocycles. The van der Waals surface area contributed by atoms with E-state index in [0.717, 1.165) is 11.1 Å². The third kappa shape index (κ3) is 6.03. The third-order valence-electron chi connectivity index (χ3n) is 5.47. The number of ether oxygens (including phenoxy) is 1. The molecule has 170 valence electrons. The fourth-order valence-corrected chi connectivity index (χ4v) is 4.39. The number of hydrogen-bond donors (Lipinski definition) is 3. The number of hydrogen-bond acceptors (Lipinski definition) is 5. The second-order valence-corrected chi connectivity index (χ2v) is 8.65. The summed E-state index contributed by atoms with van der Waals surface area (Å²) >= 11 is 1.25. The van der Waals surface area contributed by atoms with Crippen molar-refractivity contribution in [2.45, 2.75) is 19.3 Å². The van der Waals surface area contributed by atoms with Gasteiger partial charge in [0, 0.05) is 24.8 Å². The number of carbonyl (C=O) groups is 3. The van der Waals surface area contributed by atoms with Crippen molar-refractivity contribution < 1.29 is 24.2 Å². The van der Waals surface area contributed by atoms with Crippen LogP contribution in [0.25, 0.3) is 11.1 Å². The fourth-order valence-electron chi connectivity index (χ4n) is 3.83.